The zero-order valence-corrected chi connectivity index (χ0v) is 19.7. The largest absolute Gasteiger partial charge is 0.480 e. The molecule has 1 N–H and O–H groups in total. The zero-order chi connectivity index (χ0) is 23.1. The van der Waals surface area contributed by atoms with Crippen LogP contribution in [-0.4, -0.2) is 51.0 Å². The Morgan fingerprint density at radius 2 is 1.72 bits per heavy atom. The van der Waals surface area contributed by atoms with Gasteiger partial charge in [0.25, 0.3) is 5.91 Å². The van der Waals surface area contributed by atoms with E-state index in [0.29, 0.717) is 44.3 Å². The van der Waals surface area contributed by atoms with E-state index in [4.69, 9.17) is 9.47 Å². The summed E-state index contributed by atoms with van der Waals surface area (Å²) in [5.74, 6) is 0.777. The van der Waals surface area contributed by atoms with Crippen molar-refractivity contribution in [3.8, 4) is 5.75 Å². The minimum Gasteiger partial charge on any atom is -0.480 e. The van der Waals surface area contributed by atoms with Crippen molar-refractivity contribution in [2.45, 2.75) is 50.5 Å². The highest BCUT2D eigenvalue weighted by Crippen LogP contribution is 2.29. The monoisotopic (exact) mass is 460 g/mol. The zero-order valence-electron chi connectivity index (χ0n) is 18.9. The van der Waals surface area contributed by atoms with Crippen molar-refractivity contribution in [3.63, 3.8) is 0 Å². The van der Waals surface area contributed by atoms with Crippen LogP contribution < -0.4 is 10.1 Å². The Bertz CT molecular complexity index is 1000. The first-order valence-electron chi connectivity index (χ1n) is 11.1. The molecule has 1 saturated heterocycles. The fourth-order valence-corrected chi connectivity index (χ4v) is 4.97. The fraction of sp³-hybridized carbons (Fsp3) is 0.458. The van der Waals surface area contributed by atoms with Crippen molar-refractivity contribution < 1.29 is 22.7 Å². The van der Waals surface area contributed by atoms with Gasteiger partial charge in [-0.25, -0.2) is 8.42 Å². The highest BCUT2D eigenvalue weighted by Gasteiger charge is 2.26. The van der Waals surface area contributed by atoms with Crippen LogP contribution >= 0.6 is 0 Å². The molecule has 0 aliphatic carbocycles. The number of hydrogen-bond donors (Lipinski definition) is 1. The topological polar surface area (TPSA) is 84.9 Å². The predicted molar refractivity (Wildman–Crippen MR) is 125 cm³/mol. The van der Waals surface area contributed by atoms with Crippen LogP contribution in [0.5, 0.6) is 5.75 Å². The molecule has 1 aliphatic heterocycles. The van der Waals surface area contributed by atoms with Crippen molar-refractivity contribution in [3.05, 3.63) is 54.1 Å². The highest BCUT2D eigenvalue weighted by molar-refractivity contribution is 7.89. The number of sulfonamides is 1. The normalized spacial score (nSPS) is 16.8. The van der Waals surface area contributed by atoms with Crippen LogP contribution in [0.4, 0.5) is 5.69 Å². The van der Waals surface area contributed by atoms with Crippen molar-refractivity contribution in [2.75, 3.05) is 31.6 Å². The lowest BCUT2D eigenvalue weighted by atomic mass is 9.98. The number of benzene rings is 2. The molecule has 2 unspecified atom stereocenters. The Hall–Kier alpha value is -2.42. The molecule has 2 aromatic carbocycles. The van der Waals surface area contributed by atoms with Gasteiger partial charge in [-0.1, -0.05) is 39.0 Å². The maximum atomic E-state index is 12.9. The van der Waals surface area contributed by atoms with Crippen LogP contribution in [0.15, 0.2) is 53.4 Å². The molecule has 1 amide bonds. The van der Waals surface area contributed by atoms with Gasteiger partial charge in [0.1, 0.15) is 5.75 Å². The third kappa shape index (κ3) is 5.68. The molecular weight excluding hydrogens is 428 g/mol. The lowest BCUT2D eigenvalue weighted by molar-refractivity contribution is -0.122. The Labute approximate surface area is 190 Å². The van der Waals surface area contributed by atoms with E-state index in [0.717, 1.165) is 17.7 Å². The van der Waals surface area contributed by atoms with Crippen molar-refractivity contribution in [1.82, 2.24) is 4.31 Å². The lowest BCUT2D eigenvalue weighted by Crippen LogP contribution is -2.40. The number of para-hydroxylation sites is 1. The van der Waals surface area contributed by atoms with Crippen LogP contribution in [0.2, 0.25) is 0 Å². The summed E-state index contributed by atoms with van der Waals surface area (Å²) in [4.78, 5) is 13.0. The van der Waals surface area contributed by atoms with E-state index in [2.05, 4.69) is 19.2 Å². The Morgan fingerprint density at radius 1 is 1.06 bits per heavy atom. The van der Waals surface area contributed by atoms with E-state index in [1.165, 1.54) is 16.4 Å². The standard InChI is InChI=1S/C24H32N2O5S/c1-4-18(3)21-8-6-7-9-23(21)31-22(5-2)24(27)25-19-10-12-20(13-11-19)32(28,29)26-14-16-30-17-15-26/h6-13,18,22H,4-5,14-17H2,1-3H3,(H,25,27). The first-order chi connectivity index (χ1) is 15.4. The third-order valence-electron chi connectivity index (χ3n) is 5.72. The number of rotatable bonds is 9. The van der Waals surface area contributed by atoms with Crippen LogP contribution in [0.1, 0.15) is 45.1 Å². The molecule has 8 heteroatoms. The average molecular weight is 461 g/mol. The summed E-state index contributed by atoms with van der Waals surface area (Å²) < 4.78 is 38.2. The van der Waals surface area contributed by atoms with Gasteiger partial charge < -0.3 is 14.8 Å². The average Bonchev–Trinajstić information content (AvgIpc) is 2.83. The fourth-order valence-electron chi connectivity index (χ4n) is 3.56. The van der Waals surface area contributed by atoms with Crippen LogP contribution in [0, 0.1) is 0 Å². The second kappa shape index (κ2) is 10.9. The second-order valence-electron chi connectivity index (χ2n) is 7.89. The maximum Gasteiger partial charge on any atom is 0.265 e. The summed E-state index contributed by atoms with van der Waals surface area (Å²) in [6.45, 7) is 7.62. The Balaban J connectivity index is 1.68. The molecule has 1 fully saturated rings. The second-order valence-corrected chi connectivity index (χ2v) is 9.83. The van der Waals surface area contributed by atoms with Crippen LogP contribution in [0.3, 0.4) is 0 Å². The predicted octanol–water partition coefficient (Wildman–Crippen LogP) is 4.02. The molecule has 0 radical (unpaired) electrons. The number of ether oxygens (including phenoxy) is 2. The molecule has 174 valence electrons. The van der Waals surface area contributed by atoms with Gasteiger partial charge >= 0.3 is 0 Å². The molecular formula is C24H32N2O5S. The van der Waals surface area contributed by atoms with Gasteiger partial charge in [0.15, 0.2) is 6.10 Å². The van der Waals surface area contributed by atoms with E-state index in [1.54, 1.807) is 12.1 Å². The number of carbonyl (C=O) groups excluding carboxylic acids is 1. The Kier molecular flexibility index (Phi) is 8.28. The SMILES string of the molecule is CCC(Oc1ccccc1C(C)CC)C(=O)Nc1ccc(S(=O)(=O)N2CCOCC2)cc1. The van der Waals surface area contributed by atoms with Crippen LogP contribution in [-0.2, 0) is 19.6 Å². The lowest BCUT2D eigenvalue weighted by Gasteiger charge is -2.26. The van der Waals surface area contributed by atoms with Gasteiger partial charge in [-0.3, -0.25) is 4.79 Å². The van der Waals surface area contributed by atoms with E-state index in [-0.39, 0.29) is 10.8 Å². The molecule has 7 nitrogen and oxygen atoms in total. The van der Waals surface area contributed by atoms with Gasteiger partial charge in [-0.2, -0.15) is 4.31 Å². The Morgan fingerprint density at radius 3 is 2.34 bits per heavy atom. The first-order valence-corrected chi connectivity index (χ1v) is 12.5. The number of anilines is 1. The van der Waals surface area contributed by atoms with Crippen LogP contribution in [0.25, 0.3) is 0 Å². The van der Waals surface area contributed by atoms with Gasteiger partial charge in [0.05, 0.1) is 18.1 Å². The van der Waals surface area contributed by atoms with E-state index < -0.39 is 16.1 Å². The summed E-state index contributed by atoms with van der Waals surface area (Å²) in [6, 6.07) is 14.0. The maximum absolute atomic E-state index is 12.9. The third-order valence-corrected chi connectivity index (χ3v) is 7.64. The summed E-state index contributed by atoms with van der Waals surface area (Å²) in [5, 5.41) is 2.84. The number of carbonyl (C=O) groups is 1. The van der Waals surface area contributed by atoms with Crippen molar-refractivity contribution in [1.29, 1.82) is 0 Å². The molecule has 0 saturated carbocycles. The van der Waals surface area contributed by atoms with Gasteiger partial charge in [-0.15, -0.1) is 0 Å². The quantitative estimate of drug-likeness (QED) is 0.611. The number of morpholine rings is 1. The molecule has 2 aromatic rings. The van der Waals surface area contributed by atoms with E-state index in [1.807, 2.05) is 31.2 Å². The minimum atomic E-state index is -3.57. The van der Waals surface area contributed by atoms with Gasteiger partial charge in [0.2, 0.25) is 10.0 Å². The smallest absolute Gasteiger partial charge is 0.265 e. The van der Waals surface area contributed by atoms with Crippen molar-refractivity contribution in [2.24, 2.45) is 0 Å². The van der Waals surface area contributed by atoms with E-state index >= 15 is 0 Å². The molecule has 2 atom stereocenters. The number of nitrogens with zero attached hydrogens (tertiary/aromatic N) is 1. The number of nitrogens with one attached hydrogen (secondary N) is 1. The molecule has 1 heterocycles. The molecule has 0 bridgehead atoms. The van der Waals surface area contributed by atoms with Crippen molar-refractivity contribution >= 4 is 21.6 Å². The van der Waals surface area contributed by atoms with E-state index in [9.17, 15) is 13.2 Å². The minimum absolute atomic E-state index is 0.197. The molecule has 3 rings (SSSR count). The summed E-state index contributed by atoms with van der Waals surface area (Å²) >= 11 is 0. The number of hydrogen-bond acceptors (Lipinski definition) is 5. The summed E-state index contributed by atoms with van der Waals surface area (Å²) in [6.07, 6.45) is 0.824. The molecule has 0 spiro atoms. The van der Waals surface area contributed by atoms with Gasteiger partial charge in [0, 0.05) is 18.8 Å². The highest BCUT2D eigenvalue weighted by atomic mass is 32.2. The summed E-state index contributed by atoms with van der Waals surface area (Å²) in [5.41, 5.74) is 1.60. The first kappa shape index (κ1) is 24.2. The molecule has 0 aromatic heterocycles. The molecule has 32 heavy (non-hydrogen) atoms. The van der Waals surface area contributed by atoms with Gasteiger partial charge in [-0.05, 0) is 54.7 Å². The molecule has 1 aliphatic rings. The number of amides is 1. The summed E-state index contributed by atoms with van der Waals surface area (Å²) in [7, 11) is -3.57.